The molecular weight excluding hydrogens is 288 g/mol. The lowest BCUT2D eigenvalue weighted by molar-refractivity contribution is -0.0507. The number of halogens is 2. The summed E-state index contributed by atoms with van der Waals surface area (Å²) in [6, 6.07) is 3.84. The van der Waals surface area contributed by atoms with Gasteiger partial charge in [0.1, 0.15) is 5.75 Å². The molecule has 0 radical (unpaired) electrons. The highest BCUT2D eigenvalue weighted by atomic mass is 19.3. The Balaban J connectivity index is 1.99. The van der Waals surface area contributed by atoms with Crippen molar-refractivity contribution in [2.24, 2.45) is 5.92 Å². The molecule has 0 spiro atoms. The van der Waals surface area contributed by atoms with Gasteiger partial charge in [0.05, 0.1) is 6.10 Å². The number of hydrogen-bond acceptors (Lipinski definition) is 3. The lowest BCUT2D eigenvalue weighted by atomic mass is 9.92. The van der Waals surface area contributed by atoms with Gasteiger partial charge in [-0.05, 0) is 69.3 Å². The molecule has 0 amide bonds. The van der Waals surface area contributed by atoms with Crippen LogP contribution in [0.1, 0.15) is 36.5 Å². The fourth-order valence-electron chi connectivity index (χ4n) is 3.26. The van der Waals surface area contributed by atoms with Crippen LogP contribution in [0.5, 0.6) is 5.75 Å². The number of likely N-dealkylation sites (tertiary alicyclic amines) is 1. The third kappa shape index (κ3) is 4.40. The van der Waals surface area contributed by atoms with Gasteiger partial charge in [0.25, 0.3) is 0 Å². The van der Waals surface area contributed by atoms with Crippen LogP contribution in [-0.4, -0.2) is 35.8 Å². The second-order valence-electron chi connectivity index (χ2n) is 6.29. The molecule has 1 saturated heterocycles. The first kappa shape index (κ1) is 17.2. The number of benzene rings is 1. The summed E-state index contributed by atoms with van der Waals surface area (Å²) < 4.78 is 29.4. The van der Waals surface area contributed by atoms with Crippen LogP contribution in [0.4, 0.5) is 8.78 Å². The van der Waals surface area contributed by atoms with Crippen LogP contribution in [0.25, 0.3) is 0 Å². The highest BCUT2D eigenvalue weighted by Gasteiger charge is 2.23. The van der Waals surface area contributed by atoms with Crippen LogP contribution < -0.4 is 4.74 Å². The molecule has 0 aliphatic carbocycles. The molecule has 1 aromatic rings. The summed E-state index contributed by atoms with van der Waals surface area (Å²) in [6.07, 6.45) is 1.77. The van der Waals surface area contributed by atoms with Gasteiger partial charge < -0.3 is 9.84 Å². The number of ether oxygens (including phenoxy) is 1. The van der Waals surface area contributed by atoms with Crippen molar-refractivity contribution in [1.82, 2.24) is 4.90 Å². The molecule has 1 unspecified atom stereocenters. The first-order valence-electron chi connectivity index (χ1n) is 7.82. The zero-order valence-electron chi connectivity index (χ0n) is 13.5. The Labute approximate surface area is 130 Å². The van der Waals surface area contributed by atoms with E-state index in [4.69, 9.17) is 0 Å². The number of nitrogens with zero attached hydrogens (tertiary/aromatic N) is 1. The van der Waals surface area contributed by atoms with Crippen LogP contribution in [0.3, 0.4) is 0 Å². The molecule has 0 aromatic heterocycles. The molecule has 5 heteroatoms. The van der Waals surface area contributed by atoms with Crippen molar-refractivity contribution in [3.63, 3.8) is 0 Å². The molecule has 1 aliphatic heterocycles. The van der Waals surface area contributed by atoms with E-state index in [-0.39, 0.29) is 11.9 Å². The number of alkyl halides is 2. The Morgan fingerprint density at radius 1 is 1.23 bits per heavy atom. The van der Waals surface area contributed by atoms with Crippen molar-refractivity contribution >= 4 is 0 Å². The van der Waals surface area contributed by atoms with Gasteiger partial charge in [-0.25, -0.2) is 0 Å². The van der Waals surface area contributed by atoms with E-state index >= 15 is 0 Å². The normalized spacial score (nSPS) is 18.7. The van der Waals surface area contributed by atoms with Gasteiger partial charge in [0.15, 0.2) is 0 Å². The summed E-state index contributed by atoms with van der Waals surface area (Å²) in [7, 11) is 0. The largest absolute Gasteiger partial charge is 0.434 e. The molecule has 22 heavy (non-hydrogen) atoms. The van der Waals surface area contributed by atoms with E-state index in [1.54, 1.807) is 13.8 Å². The van der Waals surface area contributed by atoms with Gasteiger partial charge in [-0.15, -0.1) is 0 Å². The fourth-order valence-corrected chi connectivity index (χ4v) is 3.26. The summed E-state index contributed by atoms with van der Waals surface area (Å²) in [5.74, 6) is 0.674. The Morgan fingerprint density at radius 3 is 2.23 bits per heavy atom. The van der Waals surface area contributed by atoms with E-state index in [0.717, 1.165) is 49.2 Å². The standard InChI is InChI=1S/C17H25F2NO2/c1-11-8-14(9-12(2)16(11)22-17(18)19)10-20-6-4-15(5-7-20)13(3)21/h8-9,13,15,17,21H,4-7,10H2,1-3H3. The topological polar surface area (TPSA) is 32.7 Å². The molecule has 1 atom stereocenters. The van der Waals surface area contributed by atoms with E-state index in [9.17, 15) is 13.9 Å². The van der Waals surface area contributed by atoms with Crippen LogP contribution in [-0.2, 0) is 6.54 Å². The van der Waals surface area contributed by atoms with Gasteiger partial charge in [-0.2, -0.15) is 8.78 Å². The zero-order chi connectivity index (χ0) is 16.3. The molecule has 1 aromatic carbocycles. The first-order valence-corrected chi connectivity index (χ1v) is 7.82. The van der Waals surface area contributed by atoms with Gasteiger partial charge in [0.2, 0.25) is 0 Å². The number of rotatable bonds is 5. The maximum Gasteiger partial charge on any atom is 0.387 e. The number of aryl methyl sites for hydroxylation is 2. The van der Waals surface area contributed by atoms with E-state index in [0.29, 0.717) is 5.92 Å². The van der Waals surface area contributed by atoms with Gasteiger partial charge in [-0.1, -0.05) is 12.1 Å². The Bertz CT molecular complexity index is 474. The summed E-state index contributed by atoms with van der Waals surface area (Å²) >= 11 is 0. The molecule has 1 aliphatic rings. The van der Waals surface area contributed by atoms with E-state index in [1.807, 2.05) is 19.1 Å². The average molecular weight is 313 g/mol. The van der Waals surface area contributed by atoms with Crippen LogP contribution >= 0.6 is 0 Å². The third-order valence-electron chi connectivity index (χ3n) is 4.45. The van der Waals surface area contributed by atoms with Crippen molar-refractivity contribution in [2.45, 2.75) is 52.9 Å². The molecule has 2 rings (SSSR count). The molecule has 1 fully saturated rings. The number of aliphatic hydroxyl groups is 1. The SMILES string of the molecule is Cc1cc(CN2CCC(C(C)O)CC2)cc(C)c1OC(F)F. The van der Waals surface area contributed by atoms with E-state index in [2.05, 4.69) is 9.64 Å². The predicted molar refractivity (Wildman–Crippen MR) is 82.2 cm³/mol. The summed E-state index contributed by atoms with van der Waals surface area (Å²) in [4.78, 5) is 2.35. The molecule has 0 bridgehead atoms. The van der Waals surface area contributed by atoms with E-state index < -0.39 is 6.61 Å². The number of aliphatic hydroxyl groups excluding tert-OH is 1. The zero-order valence-corrected chi connectivity index (χ0v) is 13.5. The number of hydrogen-bond donors (Lipinski definition) is 1. The minimum absolute atomic E-state index is 0.239. The van der Waals surface area contributed by atoms with Crippen molar-refractivity contribution in [1.29, 1.82) is 0 Å². The molecule has 3 nitrogen and oxygen atoms in total. The Hall–Kier alpha value is -1.20. The van der Waals surface area contributed by atoms with Crippen molar-refractivity contribution in [2.75, 3.05) is 13.1 Å². The summed E-state index contributed by atoms with van der Waals surface area (Å²) in [6.45, 7) is 5.40. The molecular formula is C17H25F2NO2. The highest BCUT2D eigenvalue weighted by Crippen LogP contribution is 2.28. The van der Waals surface area contributed by atoms with Crippen LogP contribution in [0, 0.1) is 19.8 Å². The lowest BCUT2D eigenvalue weighted by Gasteiger charge is -2.33. The minimum Gasteiger partial charge on any atom is -0.434 e. The van der Waals surface area contributed by atoms with Gasteiger partial charge >= 0.3 is 6.61 Å². The molecule has 124 valence electrons. The van der Waals surface area contributed by atoms with Crippen molar-refractivity contribution < 1.29 is 18.6 Å². The van der Waals surface area contributed by atoms with Gasteiger partial charge in [-0.3, -0.25) is 4.90 Å². The second-order valence-corrected chi connectivity index (χ2v) is 6.29. The number of piperidine rings is 1. The maximum absolute atomic E-state index is 12.4. The smallest absolute Gasteiger partial charge is 0.387 e. The highest BCUT2D eigenvalue weighted by molar-refractivity contribution is 5.43. The summed E-state index contributed by atoms with van der Waals surface area (Å²) in [5.41, 5.74) is 2.61. The van der Waals surface area contributed by atoms with Crippen molar-refractivity contribution in [3.05, 3.63) is 28.8 Å². The minimum atomic E-state index is -2.79. The molecule has 1 heterocycles. The molecule has 0 saturated carbocycles. The quantitative estimate of drug-likeness (QED) is 0.903. The van der Waals surface area contributed by atoms with Crippen LogP contribution in [0.15, 0.2) is 12.1 Å². The Morgan fingerprint density at radius 2 is 1.77 bits per heavy atom. The van der Waals surface area contributed by atoms with Crippen molar-refractivity contribution in [3.8, 4) is 5.75 Å². The monoisotopic (exact) mass is 313 g/mol. The molecule has 1 N–H and O–H groups in total. The van der Waals surface area contributed by atoms with E-state index in [1.165, 1.54) is 0 Å². The Kier molecular flexibility index (Phi) is 5.75. The second kappa shape index (κ2) is 7.38. The predicted octanol–water partition coefficient (Wildman–Crippen LogP) is 3.50. The maximum atomic E-state index is 12.4. The first-order chi connectivity index (χ1) is 10.4. The van der Waals surface area contributed by atoms with Gasteiger partial charge in [0, 0.05) is 6.54 Å². The lowest BCUT2D eigenvalue weighted by Crippen LogP contribution is -2.36. The van der Waals surface area contributed by atoms with Crippen LogP contribution in [0.2, 0.25) is 0 Å². The third-order valence-corrected chi connectivity index (χ3v) is 4.45. The summed E-state index contributed by atoms with van der Waals surface area (Å²) in [5, 5.41) is 9.63. The fraction of sp³-hybridized carbons (Fsp3) is 0.647. The average Bonchev–Trinajstić information content (AvgIpc) is 2.43.